The minimum absolute atomic E-state index is 0.648. The number of nitrogens with one attached hydrogen (secondary N) is 2. The molecule has 0 unspecified atom stereocenters. The van der Waals surface area contributed by atoms with Crippen molar-refractivity contribution in [2.45, 2.75) is 72.3 Å². The summed E-state index contributed by atoms with van der Waals surface area (Å²) in [6, 6.07) is 0.774. The number of piperidine rings is 1. The van der Waals surface area contributed by atoms with Gasteiger partial charge in [0.25, 0.3) is 0 Å². The molecule has 1 aliphatic heterocycles. The lowest BCUT2D eigenvalue weighted by atomic mass is 10.1. The smallest absolute Gasteiger partial charge is 0.00882 e. The fourth-order valence-electron chi connectivity index (χ4n) is 1.61. The summed E-state index contributed by atoms with van der Waals surface area (Å²) in [7, 11) is 2.04. The first-order valence-corrected chi connectivity index (χ1v) is 8.62. The van der Waals surface area contributed by atoms with Gasteiger partial charge in [0.2, 0.25) is 0 Å². The highest BCUT2D eigenvalue weighted by Gasteiger charge is 2.08. The fourth-order valence-corrected chi connectivity index (χ4v) is 1.61. The van der Waals surface area contributed by atoms with Crippen molar-refractivity contribution < 1.29 is 0 Å². The molecule has 1 rings (SSSR count). The fraction of sp³-hybridized carbons (Fsp3) is 0.789. The maximum Gasteiger partial charge on any atom is 0.00882 e. The van der Waals surface area contributed by atoms with Crippen LogP contribution < -0.4 is 10.6 Å². The first-order chi connectivity index (χ1) is 10.1. The molecule has 0 atom stereocenters. The highest BCUT2D eigenvalue weighted by atomic mass is 14.9. The van der Waals surface area contributed by atoms with Gasteiger partial charge < -0.3 is 10.6 Å². The van der Waals surface area contributed by atoms with E-state index < -0.39 is 0 Å². The Labute approximate surface area is 135 Å². The number of allylic oxidation sites excluding steroid dienone is 1. The first-order valence-electron chi connectivity index (χ1n) is 8.62. The average molecular weight is 299 g/mol. The normalized spacial score (nSPS) is 13.8. The van der Waals surface area contributed by atoms with Gasteiger partial charge in [0.05, 0.1) is 0 Å². The zero-order chi connectivity index (χ0) is 16.9. The lowest BCUT2D eigenvalue weighted by Crippen LogP contribution is -2.37. The number of unbranched alkanes of at least 4 members (excludes halogenated alkanes) is 3. The third-order valence-electron chi connectivity index (χ3n) is 3.18. The van der Waals surface area contributed by atoms with Crippen LogP contribution in [0.5, 0.6) is 0 Å². The predicted molar refractivity (Wildman–Crippen MR) is 101 cm³/mol. The van der Waals surface area contributed by atoms with Crippen LogP contribution in [0.3, 0.4) is 0 Å². The third-order valence-corrected chi connectivity index (χ3v) is 3.18. The van der Waals surface area contributed by atoms with Crippen molar-refractivity contribution in [2.75, 3.05) is 20.1 Å². The highest BCUT2D eigenvalue weighted by molar-refractivity contribution is 4.71. The largest absolute Gasteiger partial charge is 0.317 e. The second-order valence-electron chi connectivity index (χ2n) is 5.50. The lowest BCUT2D eigenvalue weighted by molar-refractivity contribution is 0.409. The van der Waals surface area contributed by atoms with E-state index in [0.29, 0.717) is 5.92 Å². The zero-order valence-corrected chi connectivity index (χ0v) is 15.5. The van der Waals surface area contributed by atoms with Gasteiger partial charge in [-0.05, 0) is 38.9 Å². The Balaban J connectivity index is -0.000000225. The van der Waals surface area contributed by atoms with Crippen LogP contribution in [-0.2, 0) is 0 Å². The van der Waals surface area contributed by atoms with Gasteiger partial charge in [-0.25, -0.2) is 0 Å². The molecule has 0 amide bonds. The Morgan fingerprint density at radius 3 is 1.67 bits per heavy atom. The molecule has 2 N–H and O–H groups in total. The van der Waals surface area contributed by atoms with Crippen LogP contribution >= 0.6 is 0 Å². The molecule has 1 heterocycles. The van der Waals surface area contributed by atoms with Gasteiger partial charge in [-0.15, -0.1) is 19.7 Å². The summed E-state index contributed by atoms with van der Waals surface area (Å²) in [6.07, 6.45) is 10.0. The summed E-state index contributed by atoms with van der Waals surface area (Å²) in [5, 5.41) is 6.57. The zero-order valence-electron chi connectivity index (χ0n) is 15.5. The summed E-state index contributed by atoms with van der Waals surface area (Å²) in [5.74, 6) is 0.648. The second kappa shape index (κ2) is 24.4. The maximum atomic E-state index is 3.56. The molecule has 0 saturated carbocycles. The van der Waals surface area contributed by atoms with E-state index in [0.717, 1.165) is 6.04 Å². The molecule has 0 aromatic rings. The van der Waals surface area contributed by atoms with Crippen LogP contribution in [0.4, 0.5) is 0 Å². The molecular weight excluding hydrogens is 256 g/mol. The molecule has 21 heavy (non-hydrogen) atoms. The Morgan fingerprint density at radius 2 is 1.48 bits per heavy atom. The summed E-state index contributed by atoms with van der Waals surface area (Å²) < 4.78 is 0. The molecule has 0 aromatic heterocycles. The Bertz CT molecular complexity index is 168. The van der Waals surface area contributed by atoms with Gasteiger partial charge in [-0.3, -0.25) is 0 Å². The molecule has 0 aromatic carbocycles. The van der Waals surface area contributed by atoms with E-state index in [1.54, 1.807) is 0 Å². The molecule has 2 nitrogen and oxygen atoms in total. The predicted octanol–water partition coefficient (Wildman–Crippen LogP) is 5.18. The number of hydrogen-bond donors (Lipinski definition) is 2. The topological polar surface area (TPSA) is 24.1 Å². The van der Waals surface area contributed by atoms with Gasteiger partial charge in [0.15, 0.2) is 0 Å². The lowest BCUT2D eigenvalue weighted by Gasteiger charge is -2.21. The van der Waals surface area contributed by atoms with Crippen molar-refractivity contribution in [1.82, 2.24) is 10.6 Å². The standard InChI is InChI=1S/C6H14N2.C6H14.C5H10.C2H4/c1-7-6-2-4-8-5-3-6;1-3-5-6-4-2;1-4-5(2)3;1-2/h6-8H,2-5H2,1H3;3-6H2,1-2H3;4-5H,1H2,2-3H3;1-2H2. The number of rotatable bonds is 5. The molecular formula is C19H42N2. The van der Waals surface area contributed by atoms with Crippen LogP contribution in [0.25, 0.3) is 0 Å². The van der Waals surface area contributed by atoms with Crippen molar-refractivity contribution in [3.8, 4) is 0 Å². The minimum Gasteiger partial charge on any atom is -0.317 e. The van der Waals surface area contributed by atoms with Crippen molar-refractivity contribution in [3.63, 3.8) is 0 Å². The monoisotopic (exact) mass is 298 g/mol. The van der Waals surface area contributed by atoms with Gasteiger partial charge in [-0.2, -0.15) is 0 Å². The van der Waals surface area contributed by atoms with E-state index in [1.807, 2.05) is 13.1 Å². The van der Waals surface area contributed by atoms with Crippen LogP contribution in [0.1, 0.15) is 66.2 Å². The Hall–Kier alpha value is -0.600. The van der Waals surface area contributed by atoms with Crippen LogP contribution in [0, 0.1) is 5.92 Å². The summed E-state index contributed by atoms with van der Waals surface area (Å²) in [4.78, 5) is 0. The van der Waals surface area contributed by atoms with Crippen molar-refractivity contribution in [1.29, 1.82) is 0 Å². The summed E-state index contributed by atoms with van der Waals surface area (Å²) >= 11 is 0. The molecule has 128 valence electrons. The van der Waals surface area contributed by atoms with E-state index in [-0.39, 0.29) is 0 Å². The van der Waals surface area contributed by atoms with E-state index in [4.69, 9.17) is 0 Å². The third kappa shape index (κ3) is 28.3. The molecule has 0 radical (unpaired) electrons. The molecule has 1 aliphatic rings. The minimum atomic E-state index is 0.648. The van der Waals surface area contributed by atoms with Gasteiger partial charge in [0.1, 0.15) is 0 Å². The first kappa shape index (κ1) is 25.4. The van der Waals surface area contributed by atoms with E-state index >= 15 is 0 Å². The second-order valence-corrected chi connectivity index (χ2v) is 5.50. The Kier molecular flexibility index (Phi) is 29.5. The summed E-state index contributed by atoms with van der Waals surface area (Å²) in [6.45, 7) is 20.6. The molecule has 0 aliphatic carbocycles. The van der Waals surface area contributed by atoms with Crippen LogP contribution in [-0.4, -0.2) is 26.2 Å². The van der Waals surface area contributed by atoms with Crippen LogP contribution in [0.15, 0.2) is 25.8 Å². The van der Waals surface area contributed by atoms with Crippen LogP contribution in [0.2, 0.25) is 0 Å². The van der Waals surface area contributed by atoms with E-state index in [1.165, 1.54) is 51.6 Å². The molecule has 1 fully saturated rings. The summed E-state index contributed by atoms with van der Waals surface area (Å²) in [5.41, 5.74) is 0. The SMILES string of the molecule is C=C.C=CC(C)C.CCCCCC.CNC1CCNCC1. The number of hydrogen-bond acceptors (Lipinski definition) is 2. The van der Waals surface area contributed by atoms with Crippen molar-refractivity contribution in [2.24, 2.45) is 5.92 Å². The Morgan fingerprint density at radius 1 is 1.10 bits per heavy atom. The van der Waals surface area contributed by atoms with Crippen molar-refractivity contribution >= 4 is 0 Å². The van der Waals surface area contributed by atoms with Crippen molar-refractivity contribution in [3.05, 3.63) is 25.8 Å². The molecule has 0 spiro atoms. The molecule has 0 bridgehead atoms. The van der Waals surface area contributed by atoms with Gasteiger partial charge in [-0.1, -0.05) is 59.5 Å². The van der Waals surface area contributed by atoms with E-state index in [9.17, 15) is 0 Å². The highest BCUT2D eigenvalue weighted by Crippen LogP contribution is 1.99. The van der Waals surface area contributed by atoms with Gasteiger partial charge in [0, 0.05) is 6.04 Å². The molecule has 2 heteroatoms. The van der Waals surface area contributed by atoms with Gasteiger partial charge >= 0.3 is 0 Å². The maximum absolute atomic E-state index is 3.56. The quantitative estimate of drug-likeness (QED) is 0.540. The van der Waals surface area contributed by atoms with E-state index in [2.05, 4.69) is 58.1 Å². The molecule has 1 saturated heterocycles. The average Bonchev–Trinajstić information content (AvgIpc) is 2.56.